The highest BCUT2D eigenvalue weighted by Gasteiger charge is 2.24. The number of unbranched alkanes of at least 4 members (excludes halogenated alkanes) is 3. The van der Waals surface area contributed by atoms with E-state index in [0.29, 0.717) is 0 Å². The fourth-order valence-electron chi connectivity index (χ4n) is 3.63. The average molecular weight is 344 g/mol. The Kier molecular flexibility index (Phi) is 4.39. The molecule has 1 aliphatic rings. The largest absolute Gasteiger partial charge is 0.354 e. The molecule has 0 bridgehead atoms. The zero-order valence-electron chi connectivity index (χ0n) is 14.5. The smallest absolute Gasteiger partial charge is 0.227 e. The molecule has 1 N–H and O–H groups in total. The number of fused-ring (bicyclic) bond motifs is 5. The Morgan fingerprint density at radius 1 is 1.33 bits per heavy atom. The topological polar surface area (TPSA) is 55.1 Å². The van der Waals surface area contributed by atoms with Crippen molar-refractivity contribution in [3.05, 3.63) is 16.8 Å². The summed E-state index contributed by atoms with van der Waals surface area (Å²) in [6, 6.07) is 0. The van der Waals surface area contributed by atoms with Crippen molar-refractivity contribution in [3.8, 4) is 0 Å². The molecule has 5 nitrogen and oxygen atoms in total. The molecule has 4 rings (SSSR count). The lowest BCUT2D eigenvalue weighted by atomic mass is 9.89. The molecule has 0 aromatic carbocycles. The summed E-state index contributed by atoms with van der Waals surface area (Å²) < 4.78 is 1.88. The average Bonchev–Trinajstić information content (AvgIpc) is 3.18. The Balaban J connectivity index is 1.69. The number of hydrogen-bond donors (Lipinski definition) is 1. The number of nitrogens with one attached hydrogen (secondary N) is 1. The summed E-state index contributed by atoms with van der Waals surface area (Å²) in [5.41, 5.74) is 2.43. The van der Waals surface area contributed by atoms with E-state index in [4.69, 9.17) is 4.98 Å². The van der Waals surface area contributed by atoms with Gasteiger partial charge in [0, 0.05) is 11.4 Å². The number of hydrogen-bond acceptors (Lipinski definition) is 5. The number of rotatable bonds is 6. The van der Waals surface area contributed by atoms with Gasteiger partial charge in [0.15, 0.2) is 5.65 Å². The minimum atomic E-state index is 0.745. The van der Waals surface area contributed by atoms with Crippen molar-refractivity contribution >= 4 is 33.1 Å². The summed E-state index contributed by atoms with van der Waals surface area (Å²) in [6.07, 6.45) is 10.2. The van der Waals surface area contributed by atoms with Gasteiger partial charge in [0.1, 0.15) is 11.2 Å². The first kappa shape index (κ1) is 15.8. The summed E-state index contributed by atoms with van der Waals surface area (Å²) in [4.78, 5) is 12.1. The maximum absolute atomic E-state index is 4.89. The molecular weight excluding hydrogens is 318 g/mol. The minimum absolute atomic E-state index is 0.745. The molecule has 1 unspecified atom stereocenters. The highest BCUT2D eigenvalue weighted by Crippen LogP contribution is 2.39. The molecule has 0 saturated heterocycles. The van der Waals surface area contributed by atoms with Crippen LogP contribution in [-0.2, 0) is 12.8 Å². The molecule has 0 saturated carbocycles. The highest BCUT2D eigenvalue weighted by atomic mass is 32.1. The molecule has 3 aromatic rings. The molecule has 0 fully saturated rings. The molecule has 6 heteroatoms. The number of aromatic nitrogens is 4. The Morgan fingerprint density at radius 2 is 2.25 bits per heavy atom. The van der Waals surface area contributed by atoms with Crippen LogP contribution in [0, 0.1) is 5.92 Å². The van der Waals surface area contributed by atoms with E-state index < -0.39 is 0 Å². The van der Waals surface area contributed by atoms with E-state index in [1.807, 2.05) is 15.9 Å². The van der Waals surface area contributed by atoms with Crippen molar-refractivity contribution in [1.82, 2.24) is 19.6 Å². The zero-order valence-corrected chi connectivity index (χ0v) is 15.3. The third-order valence-electron chi connectivity index (χ3n) is 4.98. The van der Waals surface area contributed by atoms with E-state index >= 15 is 0 Å². The van der Waals surface area contributed by atoms with Crippen molar-refractivity contribution in [2.75, 3.05) is 11.9 Å². The Morgan fingerprint density at radius 3 is 3.12 bits per heavy atom. The van der Waals surface area contributed by atoms with Gasteiger partial charge in [0.05, 0.1) is 5.39 Å². The van der Waals surface area contributed by atoms with Crippen LogP contribution in [0.3, 0.4) is 0 Å². The quantitative estimate of drug-likeness (QED) is 0.672. The second kappa shape index (κ2) is 6.67. The summed E-state index contributed by atoms with van der Waals surface area (Å²) >= 11 is 1.85. The van der Waals surface area contributed by atoms with Crippen LogP contribution in [0.25, 0.3) is 15.9 Å². The lowest BCUT2D eigenvalue weighted by Gasteiger charge is -2.17. The Bertz CT molecular complexity index is 850. The second-order valence-electron chi connectivity index (χ2n) is 6.95. The summed E-state index contributed by atoms with van der Waals surface area (Å²) in [5.74, 6) is 1.58. The van der Waals surface area contributed by atoms with Gasteiger partial charge in [-0.15, -0.1) is 11.3 Å². The van der Waals surface area contributed by atoms with Crippen LogP contribution in [0.5, 0.6) is 0 Å². The molecule has 3 heterocycles. The molecule has 0 amide bonds. The van der Waals surface area contributed by atoms with Gasteiger partial charge in [-0.05, 0) is 37.2 Å². The predicted octanol–water partition coefficient (Wildman–Crippen LogP) is 4.46. The van der Waals surface area contributed by atoms with Gasteiger partial charge < -0.3 is 5.32 Å². The van der Waals surface area contributed by atoms with Crippen LogP contribution < -0.4 is 5.32 Å². The van der Waals surface area contributed by atoms with Gasteiger partial charge in [-0.2, -0.15) is 9.61 Å². The Hall–Kier alpha value is -1.69. The summed E-state index contributed by atoms with van der Waals surface area (Å²) in [6.45, 7) is 5.52. The monoisotopic (exact) mass is 343 g/mol. The van der Waals surface area contributed by atoms with Gasteiger partial charge in [-0.1, -0.05) is 33.1 Å². The van der Waals surface area contributed by atoms with Crippen molar-refractivity contribution in [2.45, 2.75) is 58.8 Å². The molecular formula is C18H25N5S. The molecule has 0 aliphatic heterocycles. The molecule has 1 atom stereocenters. The fourth-order valence-corrected chi connectivity index (χ4v) is 4.84. The third-order valence-corrected chi connectivity index (χ3v) is 6.17. The van der Waals surface area contributed by atoms with Crippen LogP contribution in [0.1, 0.15) is 56.4 Å². The summed E-state index contributed by atoms with van der Waals surface area (Å²) in [7, 11) is 0. The van der Waals surface area contributed by atoms with Crippen molar-refractivity contribution in [2.24, 2.45) is 5.92 Å². The van der Waals surface area contributed by atoms with E-state index in [9.17, 15) is 0 Å². The first-order valence-electron chi connectivity index (χ1n) is 9.15. The number of anilines is 1. The molecule has 0 radical (unpaired) electrons. The van der Waals surface area contributed by atoms with E-state index in [-0.39, 0.29) is 0 Å². The third kappa shape index (κ3) is 2.77. The van der Waals surface area contributed by atoms with E-state index in [1.54, 1.807) is 6.33 Å². The number of thiophene rings is 1. The molecule has 3 aromatic heterocycles. The van der Waals surface area contributed by atoms with Gasteiger partial charge in [-0.3, -0.25) is 0 Å². The maximum Gasteiger partial charge on any atom is 0.227 e. The minimum Gasteiger partial charge on any atom is -0.354 e. The van der Waals surface area contributed by atoms with E-state index in [0.717, 1.165) is 35.3 Å². The normalized spacial score (nSPS) is 17.5. The lowest BCUT2D eigenvalue weighted by molar-refractivity contribution is 0.508. The lowest BCUT2D eigenvalue weighted by Crippen LogP contribution is -2.10. The summed E-state index contributed by atoms with van der Waals surface area (Å²) in [5, 5.41) is 9.12. The van der Waals surface area contributed by atoms with Gasteiger partial charge in [0.25, 0.3) is 0 Å². The molecule has 128 valence electrons. The van der Waals surface area contributed by atoms with E-state index in [1.165, 1.54) is 54.4 Å². The standard InChI is InChI=1S/C18H25N5S/c1-3-4-5-6-9-19-18-22-17-15(16-20-11-21-23(16)18)13-10-12(2)7-8-14(13)24-17/h11-12H,3-10H2,1-2H3,(H,19,22). The SMILES string of the molecule is CCCCCCNc1nc2sc3c(c2c2ncnn12)CC(C)CC3. The number of nitrogens with zero attached hydrogens (tertiary/aromatic N) is 4. The van der Waals surface area contributed by atoms with Gasteiger partial charge in [0.2, 0.25) is 5.95 Å². The van der Waals surface area contributed by atoms with Crippen molar-refractivity contribution in [1.29, 1.82) is 0 Å². The van der Waals surface area contributed by atoms with Crippen LogP contribution in [0.2, 0.25) is 0 Å². The number of aryl methyl sites for hydroxylation is 1. The first-order valence-corrected chi connectivity index (χ1v) is 9.97. The van der Waals surface area contributed by atoms with Crippen LogP contribution in [-0.4, -0.2) is 26.1 Å². The van der Waals surface area contributed by atoms with Crippen LogP contribution in [0.15, 0.2) is 6.33 Å². The first-order chi connectivity index (χ1) is 11.8. The highest BCUT2D eigenvalue weighted by molar-refractivity contribution is 7.19. The predicted molar refractivity (Wildman–Crippen MR) is 100.0 cm³/mol. The molecule has 0 spiro atoms. The van der Waals surface area contributed by atoms with Crippen LogP contribution in [0.4, 0.5) is 5.95 Å². The fraction of sp³-hybridized carbons (Fsp3) is 0.611. The Labute approximate surface area is 146 Å². The van der Waals surface area contributed by atoms with Gasteiger partial charge in [-0.25, -0.2) is 9.97 Å². The molecule has 1 aliphatic carbocycles. The molecule has 24 heavy (non-hydrogen) atoms. The van der Waals surface area contributed by atoms with Crippen molar-refractivity contribution < 1.29 is 0 Å². The van der Waals surface area contributed by atoms with Crippen LogP contribution >= 0.6 is 11.3 Å². The second-order valence-corrected chi connectivity index (χ2v) is 8.03. The maximum atomic E-state index is 4.89. The van der Waals surface area contributed by atoms with E-state index in [2.05, 4.69) is 29.2 Å². The van der Waals surface area contributed by atoms with Gasteiger partial charge >= 0.3 is 0 Å². The van der Waals surface area contributed by atoms with Crippen molar-refractivity contribution in [3.63, 3.8) is 0 Å². The zero-order chi connectivity index (χ0) is 16.5.